The molecule has 0 saturated carbocycles. The van der Waals surface area contributed by atoms with E-state index in [9.17, 15) is 9.59 Å². The first-order valence-electron chi connectivity index (χ1n) is 13.5. The molecule has 6 rings (SSSR count). The highest BCUT2D eigenvalue weighted by molar-refractivity contribution is 6.28. The molecule has 0 amide bonds. The topological polar surface area (TPSA) is 109 Å². The second kappa shape index (κ2) is 10.1. The molecule has 4 heterocycles. The lowest BCUT2D eigenvalue weighted by atomic mass is 9.69. The van der Waals surface area contributed by atoms with Crippen LogP contribution >= 0.6 is 11.6 Å². The molecule has 3 aromatic rings. The molecule has 1 aliphatic carbocycles. The summed E-state index contributed by atoms with van der Waals surface area (Å²) in [6.45, 7) is 6.21. The molecular weight excluding hydrogens is 522 g/mol. The zero-order valence-electron chi connectivity index (χ0n) is 22.3. The summed E-state index contributed by atoms with van der Waals surface area (Å²) in [5.41, 5.74) is 4.00. The summed E-state index contributed by atoms with van der Waals surface area (Å²) < 4.78 is 19.2. The fourth-order valence-electron chi connectivity index (χ4n) is 6.68. The number of aromatic nitrogens is 4. The van der Waals surface area contributed by atoms with E-state index >= 15 is 0 Å². The van der Waals surface area contributed by atoms with E-state index in [-0.39, 0.29) is 10.7 Å². The van der Waals surface area contributed by atoms with Crippen molar-refractivity contribution in [3.05, 3.63) is 47.0 Å². The molecule has 0 radical (unpaired) electrons. The molecule has 2 aromatic heterocycles. The van der Waals surface area contributed by atoms with Crippen molar-refractivity contribution >= 4 is 40.5 Å². The summed E-state index contributed by atoms with van der Waals surface area (Å²) in [5.74, 6) is -0.306. The van der Waals surface area contributed by atoms with Gasteiger partial charge in [-0.2, -0.15) is 9.97 Å². The Morgan fingerprint density at radius 2 is 1.90 bits per heavy atom. The van der Waals surface area contributed by atoms with Gasteiger partial charge in [-0.3, -0.25) is 14.2 Å². The SMILES string of the molecule is CC[C@H]1O[C@@H](n2cnc3c(N4CCC5(CCCc6ccccc65)C4)nc(Cl)nc32)[C@@H](OC(C)=O)C1OC(C)=O. The maximum absolute atomic E-state index is 12.0. The first kappa shape index (κ1) is 26.0. The van der Waals surface area contributed by atoms with Crippen LogP contribution in [0.15, 0.2) is 30.6 Å². The molecule has 1 spiro atoms. The molecular formula is C28H32ClN5O5. The first-order chi connectivity index (χ1) is 18.8. The van der Waals surface area contributed by atoms with Crippen molar-refractivity contribution in [3.8, 4) is 0 Å². The number of rotatable bonds is 5. The van der Waals surface area contributed by atoms with Crippen LogP contribution in [-0.4, -0.2) is 62.9 Å². The van der Waals surface area contributed by atoms with Crippen LogP contribution < -0.4 is 4.90 Å². The molecule has 2 fully saturated rings. The second-order valence-corrected chi connectivity index (χ2v) is 11.1. The van der Waals surface area contributed by atoms with Crippen LogP contribution in [0.4, 0.5) is 5.82 Å². The largest absolute Gasteiger partial charge is 0.456 e. The fraction of sp³-hybridized carbons (Fsp3) is 0.536. The lowest BCUT2D eigenvalue weighted by Crippen LogP contribution is -2.38. The van der Waals surface area contributed by atoms with Crippen LogP contribution in [0.25, 0.3) is 11.2 Å². The Morgan fingerprint density at radius 1 is 1.13 bits per heavy atom. The highest BCUT2D eigenvalue weighted by Gasteiger charge is 2.50. The third-order valence-corrected chi connectivity index (χ3v) is 8.45. The number of carbonyl (C=O) groups is 2. The van der Waals surface area contributed by atoms with Crippen LogP contribution in [0.3, 0.4) is 0 Å². The first-order valence-corrected chi connectivity index (χ1v) is 13.9. The van der Waals surface area contributed by atoms with Crippen molar-refractivity contribution < 1.29 is 23.8 Å². The highest BCUT2D eigenvalue weighted by atomic mass is 35.5. The molecule has 10 nitrogen and oxygen atoms in total. The van der Waals surface area contributed by atoms with Crippen molar-refractivity contribution in [2.75, 3.05) is 18.0 Å². The van der Waals surface area contributed by atoms with Crippen LogP contribution in [0.5, 0.6) is 0 Å². The maximum Gasteiger partial charge on any atom is 0.303 e. The monoisotopic (exact) mass is 553 g/mol. The van der Waals surface area contributed by atoms with Crippen molar-refractivity contribution in [3.63, 3.8) is 0 Å². The highest BCUT2D eigenvalue weighted by Crippen LogP contribution is 2.46. The minimum Gasteiger partial charge on any atom is -0.456 e. The number of benzene rings is 1. The van der Waals surface area contributed by atoms with Crippen molar-refractivity contribution in [1.29, 1.82) is 0 Å². The van der Waals surface area contributed by atoms with Gasteiger partial charge in [-0.15, -0.1) is 0 Å². The van der Waals surface area contributed by atoms with E-state index in [0.717, 1.165) is 38.8 Å². The van der Waals surface area contributed by atoms with E-state index in [1.54, 1.807) is 10.9 Å². The number of ether oxygens (including phenoxy) is 3. The van der Waals surface area contributed by atoms with Crippen molar-refractivity contribution in [2.24, 2.45) is 0 Å². The number of hydrogen-bond donors (Lipinski definition) is 0. The van der Waals surface area contributed by atoms with Crippen molar-refractivity contribution in [2.45, 2.75) is 82.8 Å². The van der Waals surface area contributed by atoms with E-state index in [4.69, 9.17) is 25.8 Å². The molecule has 206 valence electrons. The predicted octanol–water partition coefficient (Wildman–Crippen LogP) is 4.13. The van der Waals surface area contributed by atoms with Gasteiger partial charge in [-0.25, -0.2) is 4.98 Å². The number of carbonyl (C=O) groups excluding carboxylic acids is 2. The standard InChI is InChI=1S/C28H32ClN5O5/c1-4-20-22(37-16(2)35)23(38-17(3)36)26(39-20)34-15-30-21-24(31-27(29)32-25(21)34)33-13-12-28(14-33)11-7-9-18-8-5-6-10-19(18)28/h5-6,8,10,15,20,22-23,26H,4,7,9,11-14H2,1-3H3/t20-,22?,23+,26-,28?/m1/s1. The molecule has 2 aliphatic heterocycles. The Labute approximate surface area is 231 Å². The lowest BCUT2D eigenvalue weighted by Gasteiger charge is -2.36. The summed E-state index contributed by atoms with van der Waals surface area (Å²) in [7, 11) is 0. The van der Waals surface area contributed by atoms with Gasteiger partial charge in [0.25, 0.3) is 0 Å². The average Bonchev–Trinajstić information content (AvgIpc) is 3.60. The number of nitrogens with zero attached hydrogens (tertiary/aromatic N) is 5. The molecule has 11 heteroatoms. The van der Waals surface area contributed by atoms with E-state index in [1.165, 1.54) is 25.0 Å². The Morgan fingerprint density at radius 3 is 2.67 bits per heavy atom. The van der Waals surface area contributed by atoms with Crippen LogP contribution in [-0.2, 0) is 35.6 Å². The van der Waals surface area contributed by atoms with Gasteiger partial charge in [0.1, 0.15) is 6.10 Å². The molecule has 1 aromatic carbocycles. The van der Waals surface area contributed by atoms with Gasteiger partial charge in [0.15, 0.2) is 35.4 Å². The summed E-state index contributed by atoms with van der Waals surface area (Å²) in [5, 5.41) is 0.0925. The molecule has 3 aliphatic rings. The number of halogens is 1. The third-order valence-electron chi connectivity index (χ3n) is 8.29. The molecule has 0 bridgehead atoms. The Balaban J connectivity index is 1.37. The smallest absolute Gasteiger partial charge is 0.303 e. The van der Waals surface area contributed by atoms with Gasteiger partial charge < -0.3 is 19.1 Å². The van der Waals surface area contributed by atoms with Crippen LogP contribution in [0, 0.1) is 0 Å². The number of anilines is 1. The van der Waals surface area contributed by atoms with E-state index < -0.39 is 36.5 Å². The summed E-state index contributed by atoms with van der Waals surface area (Å²) in [4.78, 5) is 39.9. The van der Waals surface area contributed by atoms with Gasteiger partial charge >= 0.3 is 11.9 Å². The normalized spacial score (nSPS) is 28.2. The number of hydrogen-bond acceptors (Lipinski definition) is 9. The van der Waals surface area contributed by atoms with E-state index in [0.29, 0.717) is 23.4 Å². The second-order valence-electron chi connectivity index (χ2n) is 10.7. The third kappa shape index (κ3) is 4.53. The molecule has 2 unspecified atom stereocenters. The average molecular weight is 554 g/mol. The fourth-order valence-corrected chi connectivity index (χ4v) is 6.84. The van der Waals surface area contributed by atoms with Crippen molar-refractivity contribution in [1.82, 2.24) is 19.5 Å². The number of imidazole rings is 1. The predicted molar refractivity (Wildman–Crippen MR) is 144 cm³/mol. The molecule has 39 heavy (non-hydrogen) atoms. The molecule has 0 N–H and O–H groups in total. The molecule has 2 saturated heterocycles. The summed E-state index contributed by atoms with van der Waals surface area (Å²) in [6.07, 6.45) is 3.68. The van der Waals surface area contributed by atoms with Crippen LogP contribution in [0.1, 0.15) is 63.8 Å². The van der Waals surface area contributed by atoms with Gasteiger partial charge in [0.05, 0.1) is 6.33 Å². The number of fused-ring (bicyclic) bond motifs is 3. The Bertz CT molecular complexity index is 1430. The zero-order valence-corrected chi connectivity index (χ0v) is 23.1. The minimum absolute atomic E-state index is 0.0712. The van der Waals surface area contributed by atoms with E-state index in [1.807, 2.05) is 6.92 Å². The lowest BCUT2D eigenvalue weighted by molar-refractivity contribution is -0.165. The van der Waals surface area contributed by atoms with Gasteiger partial charge in [0, 0.05) is 32.4 Å². The number of esters is 2. The minimum atomic E-state index is -0.875. The summed E-state index contributed by atoms with van der Waals surface area (Å²) >= 11 is 6.48. The Kier molecular flexibility index (Phi) is 6.71. The van der Waals surface area contributed by atoms with Gasteiger partial charge in [0.2, 0.25) is 5.28 Å². The quantitative estimate of drug-likeness (QED) is 0.340. The number of aryl methyl sites for hydroxylation is 1. The molecule has 5 atom stereocenters. The van der Waals surface area contributed by atoms with E-state index in [2.05, 4.69) is 44.1 Å². The van der Waals surface area contributed by atoms with Gasteiger partial charge in [-0.1, -0.05) is 31.2 Å². The maximum atomic E-state index is 12.0. The van der Waals surface area contributed by atoms with Gasteiger partial charge in [-0.05, 0) is 54.8 Å². The summed E-state index contributed by atoms with van der Waals surface area (Å²) in [6, 6.07) is 8.76. The van der Waals surface area contributed by atoms with Crippen LogP contribution in [0.2, 0.25) is 5.28 Å². The Hall–Kier alpha value is -3.24. The zero-order chi connectivity index (χ0) is 27.3.